The number of anilines is 1. The van der Waals surface area contributed by atoms with Gasteiger partial charge in [0.1, 0.15) is 5.69 Å². The first-order chi connectivity index (χ1) is 8.88. The molecule has 2 aromatic rings. The summed E-state index contributed by atoms with van der Waals surface area (Å²) in [5.41, 5.74) is 1.26. The minimum absolute atomic E-state index is 0.0401. The normalized spacial score (nSPS) is 11.4. The molecule has 0 saturated heterocycles. The fourth-order valence-electron chi connectivity index (χ4n) is 1.50. The number of aromatic amines is 1. The first kappa shape index (κ1) is 13.7. The van der Waals surface area contributed by atoms with E-state index in [-0.39, 0.29) is 11.3 Å². The van der Waals surface area contributed by atoms with E-state index in [4.69, 9.17) is 0 Å². The molecule has 6 heteroatoms. The summed E-state index contributed by atoms with van der Waals surface area (Å²) in [6.07, 6.45) is 1.57. The standard InChI is InChI=1S/C13H15BrN4O/c1-13(2,3)9-7-10(18-17-9)16-12(19)11-8(14)5-4-6-15-11/h4-7H,1-3H3,(H2,16,17,18,19). The zero-order chi connectivity index (χ0) is 14.0. The van der Waals surface area contributed by atoms with Crippen LogP contribution >= 0.6 is 15.9 Å². The van der Waals surface area contributed by atoms with Gasteiger partial charge in [0, 0.05) is 27.8 Å². The van der Waals surface area contributed by atoms with Crippen LogP contribution in [0, 0.1) is 0 Å². The number of aromatic nitrogens is 3. The molecule has 0 aliphatic carbocycles. The highest BCUT2D eigenvalue weighted by Gasteiger charge is 2.18. The lowest BCUT2D eigenvalue weighted by Crippen LogP contribution is -2.14. The summed E-state index contributed by atoms with van der Waals surface area (Å²) in [7, 11) is 0. The molecular formula is C13H15BrN4O. The molecule has 0 spiro atoms. The van der Waals surface area contributed by atoms with Crippen LogP contribution in [0.5, 0.6) is 0 Å². The quantitative estimate of drug-likeness (QED) is 0.892. The van der Waals surface area contributed by atoms with Crippen molar-refractivity contribution in [2.75, 3.05) is 5.32 Å². The Morgan fingerprint density at radius 2 is 2.16 bits per heavy atom. The number of carbonyl (C=O) groups excluding carboxylic acids is 1. The summed E-state index contributed by atoms with van der Waals surface area (Å²) < 4.78 is 0.652. The molecule has 0 unspecified atom stereocenters. The van der Waals surface area contributed by atoms with Crippen molar-refractivity contribution >= 4 is 27.7 Å². The maximum atomic E-state index is 12.0. The highest BCUT2D eigenvalue weighted by molar-refractivity contribution is 9.10. The number of amides is 1. The molecule has 2 aromatic heterocycles. The fourth-order valence-corrected chi connectivity index (χ4v) is 1.93. The number of nitrogens with zero attached hydrogens (tertiary/aromatic N) is 2. The minimum atomic E-state index is -0.292. The van der Waals surface area contributed by atoms with Crippen LogP contribution < -0.4 is 5.32 Å². The molecule has 100 valence electrons. The molecule has 2 N–H and O–H groups in total. The second-order valence-electron chi connectivity index (χ2n) is 5.20. The van der Waals surface area contributed by atoms with Gasteiger partial charge in [-0.2, -0.15) is 5.10 Å². The summed E-state index contributed by atoms with van der Waals surface area (Å²) in [6, 6.07) is 5.36. The van der Waals surface area contributed by atoms with Crippen molar-refractivity contribution in [1.29, 1.82) is 0 Å². The molecule has 0 bridgehead atoms. The topological polar surface area (TPSA) is 70.7 Å². The SMILES string of the molecule is CC(C)(C)c1cc(NC(=O)c2ncccc2Br)n[nH]1. The van der Waals surface area contributed by atoms with Gasteiger partial charge < -0.3 is 5.32 Å². The number of nitrogens with one attached hydrogen (secondary N) is 2. The van der Waals surface area contributed by atoms with Crippen LogP contribution in [0.1, 0.15) is 37.0 Å². The summed E-state index contributed by atoms with van der Waals surface area (Å²) in [6.45, 7) is 6.21. The average Bonchev–Trinajstić information content (AvgIpc) is 2.77. The summed E-state index contributed by atoms with van der Waals surface area (Å²) >= 11 is 3.30. The fraction of sp³-hybridized carbons (Fsp3) is 0.308. The van der Waals surface area contributed by atoms with Gasteiger partial charge in [0.25, 0.3) is 5.91 Å². The predicted octanol–water partition coefficient (Wildman–Crippen LogP) is 3.12. The van der Waals surface area contributed by atoms with E-state index in [1.807, 2.05) is 6.07 Å². The third kappa shape index (κ3) is 3.20. The molecule has 5 nitrogen and oxygen atoms in total. The van der Waals surface area contributed by atoms with E-state index in [2.05, 4.69) is 57.2 Å². The van der Waals surface area contributed by atoms with Gasteiger partial charge in [-0.1, -0.05) is 20.8 Å². The molecule has 0 saturated carbocycles. The van der Waals surface area contributed by atoms with E-state index < -0.39 is 0 Å². The molecule has 2 heterocycles. The molecule has 0 aromatic carbocycles. The van der Waals surface area contributed by atoms with Crippen molar-refractivity contribution in [1.82, 2.24) is 15.2 Å². The van der Waals surface area contributed by atoms with Crippen molar-refractivity contribution in [2.24, 2.45) is 0 Å². The second kappa shape index (κ2) is 5.13. The van der Waals surface area contributed by atoms with Gasteiger partial charge in [-0.3, -0.25) is 9.89 Å². The van der Waals surface area contributed by atoms with Crippen molar-refractivity contribution in [3.63, 3.8) is 0 Å². The predicted molar refractivity (Wildman–Crippen MR) is 77.2 cm³/mol. The average molecular weight is 323 g/mol. The lowest BCUT2D eigenvalue weighted by Gasteiger charge is -2.14. The van der Waals surface area contributed by atoms with E-state index in [1.54, 1.807) is 18.3 Å². The maximum absolute atomic E-state index is 12.0. The molecule has 0 radical (unpaired) electrons. The highest BCUT2D eigenvalue weighted by atomic mass is 79.9. The van der Waals surface area contributed by atoms with E-state index in [0.717, 1.165) is 5.69 Å². The van der Waals surface area contributed by atoms with Crippen molar-refractivity contribution in [3.8, 4) is 0 Å². The number of H-pyrrole nitrogens is 1. The van der Waals surface area contributed by atoms with Gasteiger partial charge in [-0.15, -0.1) is 0 Å². The number of carbonyl (C=O) groups is 1. The van der Waals surface area contributed by atoms with Gasteiger partial charge in [-0.25, -0.2) is 4.98 Å². The van der Waals surface area contributed by atoms with Crippen LogP contribution in [0.3, 0.4) is 0 Å². The lowest BCUT2D eigenvalue weighted by atomic mass is 9.92. The first-order valence-electron chi connectivity index (χ1n) is 5.85. The summed E-state index contributed by atoms with van der Waals surface area (Å²) in [5.74, 6) is 0.201. The third-order valence-electron chi connectivity index (χ3n) is 2.60. The number of halogens is 1. The largest absolute Gasteiger partial charge is 0.304 e. The van der Waals surface area contributed by atoms with Gasteiger partial charge in [-0.05, 0) is 28.1 Å². The summed E-state index contributed by atoms with van der Waals surface area (Å²) in [5, 5.41) is 9.72. The van der Waals surface area contributed by atoms with E-state index >= 15 is 0 Å². The smallest absolute Gasteiger partial charge is 0.276 e. The molecule has 1 amide bonds. The van der Waals surface area contributed by atoms with Crippen molar-refractivity contribution in [2.45, 2.75) is 26.2 Å². The molecular weight excluding hydrogens is 308 g/mol. The number of hydrogen-bond donors (Lipinski definition) is 2. The Morgan fingerprint density at radius 1 is 1.42 bits per heavy atom. The van der Waals surface area contributed by atoms with Crippen molar-refractivity contribution in [3.05, 3.63) is 40.3 Å². The molecule has 0 aliphatic rings. The Morgan fingerprint density at radius 3 is 2.74 bits per heavy atom. The molecule has 2 rings (SSSR count). The Hall–Kier alpha value is -1.69. The highest BCUT2D eigenvalue weighted by Crippen LogP contribution is 2.22. The first-order valence-corrected chi connectivity index (χ1v) is 6.65. The van der Waals surface area contributed by atoms with Gasteiger partial charge in [0.05, 0.1) is 0 Å². The van der Waals surface area contributed by atoms with Crippen LogP contribution in [0.15, 0.2) is 28.9 Å². The molecule has 19 heavy (non-hydrogen) atoms. The minimum Gasteiger partial charge on any atom is -0.304 e. The van der Waals surface area contributed by atoms with Crippen molar-refractivity contribution < 1.29 is 4.79 Å². The number of rotatable bonds is 2. The van der Waals surface area contributed by atoms with Gasteiger partial charge >= 0.3 is 0 Å². The summed E-state index contributed by atoms with van der Waals surface area (Å²) in [4.78, 5) is 16.1. The zero-order valence-corrected chi connectivity index (χ0v) is 12.6. The Labute approximate surface area is 120 Å². The molecule has 0 atom stereocenters. The lowest BCUT2D eigenvalue weighted by molar-refractivity contribution is 0.102. The Bertz CT molecular complexity index is 601. The third-order valence-corrected chi connectivity index (χ3v) is 3.24. The van der Waals surface area contributed by atoms with Crippen LogP contribution in [0.4, 0.5) is 5.82 Å². The van der Waals surface area contributed by atoms with Crippen LogP contribution in [0.2, 0.25) is 0 Å². The second-order valence-corrected chi connectivity index (χ2v) is 6.06. The number of hydrogen-bond acceptors (Lipinski definition) is 3. The van der Waals surface area contributed by atoms with Crippen LogP contribution in [0.25, 0.3) is 0 Å². The van der Waals surface area contributed by atoms with E-state index in [1.165, 1.54) is 0 Å². The van der Waals surface area contributed by atoms with Crippen LogP contribution in [-0.4, -0.2) is 21.1 Å². The van der Waals surface area contributed by atoms with Gasteiger partial charge in [0.15, 0.2) is 5.82 Å². The van der Waals surface area contributed by atoms with Crippen LogP contribution in [-0.2, 0) is 5.41 Å². The number of pyridine rings is 1. The Kier molecular flexibility index (Phi) is 3.71. The maximum Gasteiger partial charge on any atom is 0.276 e. The monoisotopic (exact) mass is 322 g/mol. The molecule has 0 aliphatic heterocycles. The zero-order valence-electron chi connectivity index (χ0n) is 11.0. The van der Waals surface area contributed by atoms with E-state index in [0.29, 0.717) is 16.0 Å². The van der Waals surface area contributed by atoms with E-state index in [9.17, 15) is 4.79 Å². The molecule has 0 fully saturated rings. The Balaban J connectivity index is 2.16. The van der Waals surface area contributed by atoms with Gasteiger partial charge in [0.2, 0.25) is 0 Å².